The van der Waals surface area contributed by atoms with Crippen molar-refractivity contribution in [1.82, 2.24) is 9.66 Å². The molecule has 0 aliphatic heterocycles. The van der Waals surface area contributed by atoms with E-state index in [4.69, 9.17) is 9.47 Å². The van der Waals surface area contributed by atoms with E-state index in [0.29, 0.717) is 5.69 Å². The minimum Gasteiger partial charge on any atom is -0.460 e. The summed E-state index contributed by atoms with van der Waals surface area (Å²) in [6.45, 7) is 11.1. The number of aromatic nitrogens is 2. The maximum atomic E-state index is 11.9. The van der Waals surface area contributed by atoms with Crippen LogP contribution in [0.15, 0.2) is 6.20 Å². The van der Waals surface area contributed by atoms with Crippen molar-refractivity contribution in [2.45, 2.75) is 53.1 Å². The Hall–Kier alpha value is -2.05. The van der Waals surface area contributed by atoms with Crippen LogP contribution in [-0.4, -0.2) is 33.9 Å². The van der Waals surface area contributed by atoms with Crippen molar-refractivity contribution in [3.05, 3.63) is 17.7 Å². The number of nitrogens with zero attached hydrogens (tertiary/aromatic N) is 2. The van der Waals surface area contributed by atoms with Crippen LogP contribution in [0.2, 0.25) is 0 Å². The van der Waals surface area contributed by atoms with E-state index in [0.717, 1.165) is 0 Å². The zero-order chi connectivity index (χ0) is 16.2. The molecule has 0 bridgehead atoms. The minimum atomic E-state index is -0.666. The van der Waals surface area contributed by atoms with Crippen molar-refractivity contribution >= 4 is 12.1 Å². The molecule has 0 saturated heterocycles. The smallest absolute Gasteiger partial charge is 0.427 e. The van der Waals surface area contributed by atoms with Crippen LogP contribution in [0, 0.1) is 0 Å². The summed E-state index contributed by atoms with van der Waals surface area (Å²) < 4.78 is 11.3. The molecule has 7 heteroatoms. The molecule has 0 aliphatic rings. The normalized spacial score (nSPS) is 11.4. The summed E-state index contributed by atoms with van der Waals surface area (Å²) in [7, 11) is 0. The Kier molecular flexibility index (Phi) is 5.34. The Morgan fingerprint density at radius 3 is 2.48 bits per heavy atom. The fourth-order valence-electron chi connectivity index (χ4n) is 1.50. The SMILES string of the molecule is CCOC(=O)c1nc(C(C)C)cn1NC(=O)OC(C)(C)C. The molecule has 21 heavy (non-hydrogen) atoms. The van der Waals surface area contributed by atoms with Crippen LogP contribution < -0.4 is 5.43 Å². The largest absolute Gasteiger partial charge is 0.460 e. The number of hydrogen-bond acceptors (Lipinski definition) is 5. The Balaban J connectivity index is 2.98. The molecule has 0 radical (unpaired) electrons. The van der Waals surface area contributed by atoms with Gasteiger partial charge < -0.3 is 9.47 Å². The van der Waals surface area contributed by atoms with Gasteiger partial charge in [0.05, 0.1) is 18.5 Å². The van der Waals surface area contributed by atoms with Gasteiger partial charge in [0.1, 0.15) is 5.60 Å². The molecule has 7 nitrogen and oxygen atoms in total. The monoisotopic (exact) mass is 297 g/mol. The molecule has 1 heterocycles. The highest BCUT2D eigenvalue weighted by molar-refractivity contribution is 5.87. The molecule has 1 rings (SSSR count). The Morgan fingerprint density at radius 1 is 1.38 bits per heavy atom. The van der Waals surface area contributed by atoms with E-state index < -0.39 is 17.7 Å². The minimum absolute atomic E-state index is 0.0198. The predicted molar refractivity (Wildman–Crippen MR) is 77.9 cm³/mol. The van der Waals surface area contributed by atoms with Gasteiger partial charge in [-0.2, -0.15) is 0 Å². The van der Waals surface area contributed by atoms with E-state index in [9.17, 15) is 9.59 Å². The second-order valence-corrected chi connectivity index (χ2v) is 5.85. The molecule has 0 aliphatic carbocycles. The molecule has 1 amide bonds. The van der Waals surface area contributed by atoms with E-state index in [1.807, 2.05) is 13.8 Å². The van der Waals surface area contributed by atoms with Crippen LogP contribution in [0.5, 0.6) is 0 Å². The van der Waals surface area contributed by atoms with Gasteiger partial charge in [-0.05, 0) is 33.6 Å². The second kappa shape index (κ2) is 6.60. The van der Waals surface area contributed by atoms with Crippen molar-refractivity contribution in [3.63, 3.8) is 0 Å². The quantitative estimate of drug-likeness (QED) is 0.864. The van der Waals surface area contributed by atoms with Crippen molar-refractivity contribution in [2.75, 3.05) is 12.0 Å². The van der Waals surface area contributed by atoms with E-state index in [1.165, 1.54) is 4.68 Å². The molecule has 0 atom stereocenters. The van der Waals surface area contributed by atoms with Gasteiger partial charge in [0.15, 0.2) is 0 Å². The van der Waals surface area contributed by atoms with E-state index >= 15 is 0 Å². The summed E-state index contributed by atoms with van der Waals surface area (Å²) in [4.78, 5) is 27.9. The second-order valence-electron chi connectivity index (χ2n) is 5.85. The molecule has 1 aromatic heterocycles. The molecule has 0 unspecified atom stereocenters. The first kappa shape index (κ1) is 17.0. The third kappa shape index (κ3) is 5.09. The molecule has 0 fully saturated rings. The average molecular weight is 297 g/mol. The topological polar surface area (TPSA) is 82.5 Å². The molecule has 0 saturated carbocycles. The molecular weight excluding hydrogens is 274 g/mol. The number of nitrogens with one attached hydrogen (secondary N) is 1. The Morgan fingerprint density at radius 2 is 2.00 bits per heavy atom. The third-order valence-corrected chi connectivity index (χ3v) is 2.38. The number of imidazole rings is 1. The molecule has 1 aromatic rings. The van der Waals surface area contributed by atoms with Gasteiger partial charge in [-0.1, -0.05) is 13.8 Å². The number of ether oxygens (including phenoxy) is 2. The van der Waals surface area contributed by atoms with Crippen molar-refractivity contribution in [3.8, 4) is 0 Å². The van der Waals surface area contributed by atoms with Gasteiger partial charge in [-0.25, -0.2) is 24.7 Å². The number of amides is 1. The summed E-state index contributed by atoms with van der Waals surface area (Å²) >= 11 is 0. The maximum absolute atomic E-state index is 11.9. The van der Waals surface area contributed by atoms with Crippen molar-refractivity contribution < 1.29 is 19.1 Å². The van der Waals surface area contributed by atoms with Crippen LogP contribution in [0.4, 0.5) is 4.79 Å². The summed E-state index contributed by atoms with van der Waals surface area (Å²) in [5.41, 5.74) is 2.52. The lowest BCUT2D eigenvalue weighted by Gasteiger charge is -2.20. The Bertz CT molecular complexity index is 515. The van der Waals surface area contributed by atoms with Crippen LogP contribution in [0.25, 0.3) is 0 Å². The van der Waals surface area contributed by atoms with Crippen LogP contribution in [0.3, 0.4) is 0 Å². The summed E-state index contributed by atoms with van der Waals surface area (Å²) in [6, 6.07) is 0. The molecule has 118 valence electrons. The van der Waals surface area contributed by atoms with Crippen LogP contribution in [-0.2, 0) is 9.47 Å². The van der Waals surface area contributed by atoms with Gasteiger partial charge >= 0.3 is 12.1 Å². The first-order valence-corrected chi connectivity index (χ1v) is 6.90. The fourth-order valence-corrected chi connectivity index (χ4v) is 1.50. The van der Waals surface area contributed by atoms with Gasteiger partial charge in [0.2, 0.25) is 5.82 Å². The summed E-state index contributed by atoms with van der Waals surface area (Å²) in [5.74, 6) is -0.466. The number of esters is 1. The summed E-state index contributed by atoms with van der Waals surface area (Å²) in [6.07, 6.45) is 0.918. The van der Waals surface area contributed by atoms with Gasteiger partial charge in [0.25, 0.3) is 0 Å². The first-order chi connectivity index (χ1) is 9.64. The van der Waals surface area contributed by atoms with Crippen LogP contribution in [0.1, 0.15) is 63.8 Å². The predicted octanol–water partition coefficient (Wildman–Crippen LogP) is 2.66. The van der Waals surface area contributed by atoms with Gasteiger partial charge in [-0.15, -0.1) is 0 Å². The highest BCUT2D eigenvalue weighted by atomic mass is 16.6. The average Bonchev–Trinajstić information content (AvgIpc) is 2.70. The zero-order valence-corrected chi connectivity index (χ0v) is 13.4. The van der Waals surface area contributed by atoms with Crippen molar-refractivity contribution in [1.29, 1.82) is 0 Å². The lowest BCUT2D eigenvalue weighted by atomic mass is 10.2. The zero-order valence-electron chi connectivity index (χ0n) is 13.4. The van der Waals surface area contributed by atoms with Crippen LogP contribution >= 0.6 is 0 Å². The first-order valence-electron chi connectivity index (χ1n) is 6.90. The third-order valence-electron chi connectivity index (χ3n) is 2.38. The molecule has 0 aromatic carbocycles. The number of hydrogen-bond donors (Lipinski definition) is 1. The lowest BCUT2D eigenvalue weighted by molar-refractivity contribution is 0.0505. The molecule has 0 spiro atoms. The van der Waals surface area contributed by atoms with Crippen molar-refractivity contribution in [2.24, 2.45) is 0 Å². The lowest BCUT2D eigenvalue weighted by Crippen LogP contribution is -2.33. The highest BCUT2D eigenvalue weighted by Crippen LogP contribution is 2.14. The molecule has 1 N–H and O–H groups in total. The summed E-state index contributed by atoms with van der Waals surface area (Å²) in [5, 5.41) is 0. The maximum Gasteiger partial charge on any atom is 0.427 e. The van der Waals surface area contributed by atoms with E-state index in [-0.39, 0.29) is 18.3 Å². The Labute approximate surface area is 124 Å². The standard InChI is InChI=1S/C14H23N3O4/c1-7-20-12(18)11-15-10(9(2)3)8-17(11)16-13(19)21-14(4,5)6/h8-9H,7H2,1-6H3,(H,16,19). The van der Waals surface area contributed by atoms with E-state index in [2.05, 4.69) is 10.4 Å². The highest BCUT2D eigenvalue weighted by Gasteiger charge is 2.22. The molecular formula is C14H23N3O4. The fraction of sp³-hybridized carbons (Fsp3) is 0.643. The number of carbonyl (C=O) groups excluding carboxylic acids is 2. The van der Waals surface area contributed by atoms with E-state index in [1.54, 1.807) is 33.9 Å². The number of rotatable bonds is 4. The number of carbonyl (C=O) groups is 2. The van der Waals surface area contributed by atoms with Gasteiger partial charge in [0, 0.05) is 0 Å². The van der Waals surface area contributed by atoms with Gasteiger partial charge in [-0.3, -0.25) is 0 Å².